The summed E-state index contributed by atoms with van der Waals surface area (Å²) in [6.07, 6.45) is 2.93. The van der Waals surface area contributed by atoms with Crippen molar-refractivity contribution in [2.45, 2.75) is 12.3 Å². The Balaban J connectivity index is 2.11. The van der Waals surface area contributed by atoms with Gasteiger partial charge in [-0.15, -0.1) is 0 Å². The Labute approximate surface area is 79.9 Å². The number of rotatable bonds is 1. The van der Waals surface area contributed by atoms with Gasteiger partial charge in [0, 0.05) is 28.4 Å². The number of hydrogen-bond acceptors (Lipinski definition) is 3. The van der Waals surface area contributed by atoms with Crippen molar-refractivity contribution in [1.82, 2.24) is 9.88 Å². The molecule has 1 aromatic rings. The first-order valence-electron chi connectivity index (χ1n) is 4.05. The van der Waals surface area contributed by atoms with Gasteiger partial charge in [-0.25, -0.2) is 4.98 Å². The van der Waals surface area contributed by atoms with Crippen LogP contribution in [0.15, 0.2) is 15.5 Å². The Kier molecular flexibility index (Phi) is 2.19. The largest absolute Gasteiger partial charge is 0.439 e. The maximum absolute atomic E-state index is 5.10. The van der Waals surface area contributed by atoms with E-state index in [1.807, 2.05) is 0 Å². The molecule has 0 bridgehead atoms. The first kappa shape index (κ1) is 8.26. The molecule has 1 fully saturated rings. The van der Waals surface area contributed by atoms with E-state index in [0.717, 1.165) is 18.8 Å². The van der Waals surface area contributed by atoms with Crippen molar-refractivity contribution in [3.8, 4) is 0 Å². The summed E-state index contributed by atoms with van der Waals surface area (Å²) < 4.78 is 5.10. The fraction of sp³-hybridized carbons (Fsp3) is 0.625. The smallest absolute Gasteiger partial charge is 0.264 e. The van der Waals surface area contributed by atoms with E-state index in [1.54, 1.807) is 6.26 Å². The highest BCUT2D eigenvalue weighted by Gasteiger charge is 2.23. The molecule has 12 heavy (non-hydrogen) atoms. The van der Waals surface area contributed by atoms with E-state index in [-0.39, 0.29) is 0 Å². The molecule has 0 saturated carbocycles. The normalized spacial score (nSPS) is 25.0. The molecule has 1 atom stereocenters. The minimum Gasteiger partial charge on any atom is -0.439 e. The summed E-state index contributed by atoms with van der Waals surface area (Å²) in [5, 5.41) is 0. The molecule has 0 aliphatic carbocycles. The van der Waals surface area contributed by atoms with Gasteiger partial charge >= 0.3 is 0 Å². The van der Waals surface area contributed by atoms with Crippen LogP contribution in [0.4, 0.5) is 0 Å². The molecule has 1 saturated heterocycles. The monoisotopic (exact) mass is 230 g/mol. The standard InChI is InChI=1S/C8H11BrN2O/c1-11-3-2-6(4-11)7-5-12-8(9)10-7/h5-6H,2-4H2,1H3. The second kappa shape index (κ2) is 3.18. The number of aromatic nitrogens is 1. The van der Waals surface area contributed by atoms with E-state index in [1.165, 1.54) is 6.42 Å². The van der Waals surface area contributed by atoms with Gasteiger partial charge in [0.25, 0.3) is 4.80 Å². The van der Waals surface area contributed by atoms with Gasteiger partial charge in [0.05, 0.1) is 5.69 Å². The summed E-state index contributed by atoms with van der Waals surface area (Å²) in [5.41, 5.74) is 1.08. The van der Waals surface area contributed by atoms with Crippen molar-refractivity contribution in [2.75, 3.05) is 20.1 Å². The lowest BCUT2D eigenvalue weighted by atomic mass is 10.1. The van der Waals surface area contributed by atoms with Gasteiger partial charge in [0.1, 0.15) is 6.26 Å². The average molecular weight is 231 g/mol. The van der Waals surface area contributed by atoms with E-state index in [9.17, 15) is 0 Å². The van der Waals surface area contributed by atoms with Crippen molar-refractivity contribution in [2.24, 2.45) is 0 Å². The van der Waals surface area contributed by atoms with Crippen molar-refractivity contribution >= 4 is 15.9 Å². The molecule has 4 heteroatoms. The molecule has 2 rings (SSSR count). The SMILES string of the molecule is CN1CCC(c2coc(Br)n2)C1. The molecule has 1 aliphatic heterocycles. The van der Waals surface area contributed by atoms with E-state index in [0.29, 0.717) is 10.7 Å². The van der Waals surface area contributed by atoms with Gasteiger partial charge in [-0.2, -0.15) is 0 Å². The van der Waals surface area contributed by atoms with Gasteiger partial charge in [-0.1, -0.05) is 0 Å². The minimum absolute atomic E-state index is 0.560. The van der Waals surface area contributed by atoms with Crippen LogP contribution in [0.5, 0.6) is 0 Å². The second-order valence-electron chi connectivity index (χ2n) is 3.27. The van der Waals surface area contributed by atoms with Crippen LogP contribution in [-0.4, -0.2) is 30.0 Å². The highest BCUT2D eigenvalue weighted by Crippen LogP contribution is 2.26. The molecule has 66 valence electrons. The van der Waals surface area contributed by atoms with Crippen LogP contribution in [0.1, 0.15) is 18.0 Å². The van der Waals surface area contributed by atoms with Gasteiger partial charge in [0.2, 0.25) is 0 Å². The summed E-state index contributed by atoms with van der Waals surface area (Å²) in [6.45, 7) is 2.26. The topological polar surface area (TPSA) is 29.3 Å². The van der Waals surface area contributed by atoms with Gasteiger partial charge in [-0.3, -0.25) is 0 Å². The van der Waals surface area contributed by atoms with Crippen molar-refractivity contribution < 1.29 is 4.42 Å². The maximum Gasteiger partial charge on any atom is 0.264 e. The zero-order valence-corrected chi connectivity index (χ0v) is 8.54. The molecule has 0 radical (unpaired) electrons. The number of likely N-dealkylation sites (tertiary alicyclic amines) is 1. The van der Waals surface area contributed by atoms with Crippen molar-refractivity contribution in [1.29, 1.82) is 0 Å². The van der Waals surface area contributed by atoms with Crippen LogP contribution in [-0.2, 0) is 0 Å². The van der Waals surface area contributed by atoms with Crippen molar-refractivity contribution in [3.63, 3.8) is 0 Å². The van der Waals surface area contributed by atoms with Crippen LogP contribution in [0, 0.1) is 0 Å². The molecule has 1 aliphatic rings. The van der Waals surface area contributed by atoms with E-state index < -0.39 is 0 Å². The Morgan fingerprint density at radius 2 is 2.58 bits per heavy atom. The van der Waals surface area contributed by atoms with E-state index in [4.69, 9.17) is 4.42 Å². The minimum atomic E-state index is 0.560. The third-order valence-electron chi connectivity index (χ3n) is 2.30. The van der Waals surface area contributed by atoms with Crippen LogP contribution >= 0.6 is 15.9 Å². The number of nitrogens with zero attached hydrogens (tertiary/aromatic N) is 2. The molecule has 0 amide bonds. The Bertz CT molecular complexity index is 274. The van der Waals surface area contributed by atoms with Gasteiger partial charge in [0.15, 0.2) is 0 Å². The van der Waals surface area contributed by atoms with Crippen molar-refractivity contribution in [3.05, 3.63) is 16.8 Å². The number of halogens is 1. The zero-order valence-electron chi connectivity index (χ0n) is 6.96. The van der Waals surface area contributed by atoms with E-state index >= 15 is 0 Å². The summed E-state index contributed by atoms with van der Waals surface area (Å²) in [6, 6.07) is 0. The van der Waals surface area contributed by atoms with Gasteiger partial charge in [-0.05, 0) is 20.0 Å². The average Bonchev–Trinajstić information content (AvgIpc) is 2.58. The first-order chi connectivity index (χ1) is 5.75. The molecular weight excluding hydrogens is 220 g/mol. The molecule has 2 heterocycles. The fourth-order valence-corrected chi connectivity index (χ4v) is 1.93. The number of likely N-dealkylation sites (N-methyl/N-ethyl adjacent to an activating group) is 1. The molecule has 1 unspecified atom stereocenters. The fourth-order valence-electron chi connectivity index (χ4n) is 1.63. The molecule has 0 N–H and O–H groups in total. The number of oxazole rings is 1. The third kappa shape index (κ3) is 1.54. The van der Waals surface area contributed by atoms with Gasteiger partial charge < -0.3 is 9.32 Å². The lowest BCUT2D eigenvalue weighted by molar-refractivity contribution is 0.410. The quantitative estimate of drug-likeness (QED) is 0.738. The lowest BCUT2D eigenvalue weighted by Crippen LogP contribution is -2.13. The Hall–Kier alpha value is -0.350. The zero-order chi connectivity index (χ0) is 8.55. The Morgan fingerprint density at radius 1 is 1.75 bits per heavy atom. The van der Waals surface area contributed by atoms with Crippen LogP contribution in [0.3, 0.4) is 0 Å². The highest BCUT2D eigenvalue weighted by molar-refractivity contribution is 9.10. The molecule has 0 spiro atoms. The van der Waals surface area contributed by atoms with E-state index in [2.05, 4.69) is 32.9 Å². The second-order valence-corrected chi connectivity index (χ2v) is 3.95. The predicted molar refractivity (Wildman–Crippen MR) is 49.1 cm³/mol. The first-order valence-corrected chi connectivity index (χ1v) is 4.84. The number of hydrogen-bond donors (Lipinski definition) is 0. The third-order valence-corrected chi connectivity index (χ3v) is 2.67. The molecule has 3 nitrogen and oxygen atoms in total. The highest BCUT2D eigenvalue weighted by atomic mass is 79.9. The summed E-state index contributed by atoms with van der Waals surface area (Å²) in [5.74, 6) is 0.560. The van der Waals surface area contributed by atoms with Crippen LogP contribution in [0.2, 0.25) is 0 Å². The molecule has 1 aromatic heterocycles. The Morgan fingerprint density at radius 3 is 3.08 bits per heavy atom. The maximum atomic E-state index is 5.10. The summed E-state index contributed by atoms with van der Waals surface area (Å²) in [4.78, 5) is 7.15. The predicted octanol–water partition coefficient (Wildman–Crippen LogP) is 1.86. The molecule has 0 aromatic carbocycles. The molecular formula is C8H11BrN2O. The van der Waals surface area contributed by atoms with Crippen LogP contribution < -0.4 is 0 Å². The summed E-state index contributed by atoms with van der Waals surface area (Å²) >= 11 is 3.20. The van der Waals surface area contributed by atoms with Crippen LogP contribution in [0.25, 0.3) is 0 Å². The lowest BCUT2D eigenvalue weighted by Gasteiger charge is -2.05. The summed E-state index contributed by atoms with van der Waals surface area (Å²) in [7, 11) is 2.13.